The summed E-state index contributed by atoms with van der Waals surface area (Å²) in [4.78, 5) is 38.8. The molecular formula is C26H32O4. The van der Waals surface area contributed by atoms with Gasteiger partial charge in [-0.1, -0.05) is 31.1 Å². The molecule has 0 bridgehead atoms. The maximum Gasteiger partial charge on any atom is 0.314 e. The summed E-state index contributed by atoms with van der Waals surface area (Å²) in [7, 11) is 0. The summed E-state index contributed by atoms with van der Waals surface area (Å²) in [6, 6.07) is 0. The second-order valence-electron chi connectivity index (χ2n) is 10.8. The van der Waals surface area contributed by atoms with Crippen molar-refractivity contribution < 1.29 is 19.1 Å². The fourth-order valence-corrected chi connectivity index (χ4v) is 7.33. The number of hydrogen-bond donors (Lipinski definition) is 0. The number of ether oxygens (including phenoxy) is 1. The van der Waals surface area contributed by atoms with Gasteiger partial charge in [0.1, 0.15) is 5.78 Å². The van der Waals surface area contributed by atoms with Crippen molar-refractivity contribution in [2.75, 3.05) is 0 Å². The number of allylic oxidation sites excluding steroid dienone is 5. The molecule has 0 aromatic carbocycles. The summed E-state index contributed by atoms with van der Waals surface area (Å²) < 4.78 is 5.69. The fourth-order valence-electron chi connectivity index (χ4n) is 7.33. The van der Waals surface area contributed by atoms with Gasteiger partial charge in [0.25, 0.3) is 0 Å². The summed E-state index contributed by atoms with van der Waals surface area (Å²) >= 11 is 0. The predicted octanol–water partition coefficient (Wildman–Crippen LogP) is 5.03. The molecule has 0 amide bonds. The molecular weight excluding hydrogens is 376 g/mol. The Balaban J connectivity index is 1.71. The number of fused-ring (bicyclic) bond motifs is 3. The van der Waals surface area contributed by atoms with Crippen LogP contribution < -0.4 is 0 Å². The van der Waals surface area contributed by atoms with E-state index < -0.39 is 11.3 Å². The van der Waals surface area contributed by atoms with Crippen molar-refractivity contribution in [2.24, 2.45) is 22.2 Å². The van der Waals surface area contributed by atoms with Gasteiger partial charge in [0.05, 0.1) is 17.4 Å². The lowest BCUT2D eigenvalue weighted by Gasteiger charge is -2.52. The molecule has 5 rings (SSSR count). The highest BCUT2D eigenvalue weighted by Gasteiger charge is 2.65. The van der Waals surface area contributed by atoms with E-state index in [1.54, 1.807) is 6.08 Å². The van der Waals surface area contributed by atoms with Crippen molar-refractivity contribution in [1.82, 2.24) is 0 Å². The van der Waals surface area contributed by atoms with Crippen LogP contribution in [0, 0.1) is 22.2 Å². The third-order valence-electron chi connectivity index (χ3n) is 8.98. The van der Waals surface area contributed by atoms with Gasteiger partial charge in [-0.15, -0.1) is 0 Å². The van der Waals surface area contributed by atoms with Crippen molar-refractivity contribution in [3.05, 3.63) is 34.4 Å². The van der Waals surface area contributed by atoms with E-state index in [1.807, 2.05) is 13.8 Å². The van der Waals surface area contributed by atoms with Crippen LogP contribution >= 0.6 is 0 Å². The highest BCUT2D eigenvalue weighted by molar-refractivity contribution is 5.96. The van der Waals surface area contributed by atoms with Crippen molar-refractivity contribution >= 4 is 17.5 Å². The third-order valence-corrected chi connectivity index (χ3v) is 8.98. The van der Waals surface area contributed by atoms with Crippen LogP contribution in [0.4, 0.5) is 0 Å². The first-order valence-electron chi connectivity index (χ1n) is 11.5. The topological polar surface area (TPSA) is 60.4 Å². The molecule has 0 heterocycles. The number of Topliss-reactive ketones (excluding diaryl/α,β-unsaturated/α-hetero) is 1. The number of carbonyl (C=O) groups excluding carboxylic acids is 3. The zero-order chi connectivity index (χ0) is 21.5. The first kappa shape index (κ1) is 20.0. The summed E-state index contributed by atoms with van der Waals surface area (Å²) in [5.41, 5.74) is 3.98. The van der Waals surface area contributed by atoms with E-state index in [4.69, 9.17) is 4.74 Å². The molecule has 1 spiro atoms. The molecule has 0 aromatic rings. The number of hydrogen-bond acceptors (Lipinski definition) is 4. The van der Waals surface area contributed by atoms with E-state index in [-0.39, 0.29) is 28.7 Å². The molecule has 0 aromatic heterocycles. The normalized spacial score (nSPS) is 39.8. The van der Waals surface area contributed by atoms with E-state index in [0.717, 1.165) is 48.8 Å². The van der Waals surface area contributed by atoms with E-state index in [0.29, 0.717) is 25.0 Å². The molecule has 4 heteroatoms. The summed E-state index contributed by atoms with van der Waals surface area (Å²) in [6.45, 7) is 8.26. The van der Waals surface area contributed by atoms with E-state index in [2.05, 4.69) is 19.9 Å². The second kappa shape index (κ2) is 6.27. The number of carbonyl (C=O) groups is 3. The average molecular weight is 409 g/mol. The molecule has 1 fully saturated rings. The largest absolute Gasteiger partial charge is 0.462 e. The monoisotopic (exact) mass is 408 g/mol. The molecule has 5 aliphatic rings. The molecule has 2 unspecified atom stereocenters. The summed E-state index contributed by atoms with van der Waals surface area (Å²) in [5, 5.41) is 0. The smallest absolute Gasteiger partial charge is 0.314 e. The molecule has 4 atom stereocenters. The van der Waals surface area contributed by atoms with Gasteiger partial charge in [0.2, 0.25) is 0 Å². The van der Waals surface area contributed by atoms with Crippen molar-refractivity contribution in [3.8, 4) is 0 Å². The Morgan fingerprint density at radius 3 is 2.60 bits per heavy atom. The van der Waals surface area contributed by atoms with Crippen molar-refractivity contribution in [2.45, 2.75) is 85.2 Å². The number of esters is 1. The lowest BCUT2D eigenvalue weighted by Crippen LogP contribution is -2.47. The highest BCUT2D eigenvalue weighted by atomic mass is 16.5. The van der Waals surface area contributed by atoms with E-state index >= 15 is 0 Å². The van der Waals surface area contributed by atoms with Crippen LogP contribution in [0.15, 0.2) is 34.4 Å². The van der Waals surface area contributed by atoms with Crippen molar-refractivity contribution in [1.29, 1.82) is 0 Å². The molecule has 0 saturated heterocycles. The SMILES string of the molecule is CC(C)OC(=O)[C@@H]1CC2=CC(=O)CCC2(C)C2=C1C1=CC[C@@]3(C)CCC(=O)C13CC2. The summed E-state index contributed by atoms with van der Waals surface area (Å²) in [5.74, 6) is -0.0997. The number of ketones is 2. The van der Waals surface area contributed by atoms with Crippen molar-refractivity contribution in [3.63, 3.8) is 0 Å². The molecule has 0 radical (unpaired) electrons. The Hall–Kier alpha value is -1.97. The fraction of sp³-hybridized carbons (Fsp3) is 0.654. The Bertz CT molecular complexity index is 964. The minimum Gasteiger partial charge on any atom is -0.462 e. The Labute approximate surface area is 178 Å². The summed E-state index contributed by atoms with van der Waals surface area (Å²) in [6.07, 6.45) is 9.93. The second-order valence-corrected chi connectivity index (χ2v) is 10.8. The van der Waals surface area contributed by atoms with Gasteiger partial charge in [-0.3, -0.25) is 14.4 Å². The lowest BCUT2D eigenvalue weighted by molar-refractivity contribution is -0.151. The van der Waals surface area contributed by atoms with Gasteiger partial charge in [-0.25, -0.2) is 0 Å². The standard InChI is InChI=1S/C26H32O4/c1-15(2)30-23(29)18-14-16-13-17(27)5-11-25(16,4)19-7-12-26-20(22(18)19)6-9-24(26,3)10-8-21(26)28/h6,13,15,18H,5,7-12,14H2,1-4H3/t18-,24+,25?,26?/m1/s1. The molecule has 0 aliphatic heterocycles. The maximum atomic E-state index is 13.3. The number of rotatable bonds is 2. The van der Waals surface area contributed by atoms with Crippen LogP contribution in [0.1, 0.15) is 79.1 Å². The van der Waals surface area contributed by atoms with E-state index in [9.17, 15) is 14.4 Å². The van der Waals surface area contributed by atoms with Gasteiger partial charge < -0.3 is 4.74 Å². The van der Waals surface area contributed by atoms with Crippen LogP contribution in [-0.2, 0) is 19.1 Å². The lowest BCUT2D eigenvalue weighted by atomic mass is 9.50. The molecule has 4 nitrogen and oxygen atoms in total. The zero-order valence-electron chi connectivity index (χ0n) is 18.6. The van der Waals surface area contributed by atoms with Gasteiger partial charge in [-0.2, -0.15) is 0 Å². The molecule has 30 heavy (non-hydrogen) atoms. The first-order chi connectivity index (χ1) is 14.1. The van der Waals surface area contributed by atoms with Gasteiger partial charge in [0.15, 0.2) is 5.78 Å². The molecule has 1 saturated carbocycles. The van der Waals surface area contributed by atoms with Gasteiger partial charge >= 0.3 is 5.97 Å². The van der Waals surface area contributed by atoms with Crippen LogP contribution in [0.2, 0.25) is 0 Å². The zero-order valence-corrected chi connectivity index (χ0v) is 18.6. The maximum absolute atomic E-state index is 13.3. The molecule has 160 valence electrons. The van der Waals surface area contributed by atoms with Crippen LogP contribution in [0.5, 0.6) is 0 Å². The van der Waals surface area contributed by atoms with Crippen LogP contribution in [-0.4, -0.2) is 23.6 Å². The predicted molar refractivity (Wildman–Crippen MR) is 114 cm³/mol. The minimum absolute atomic E-state index is 0.0238. The Kier molecular flexibility index (Phi) is 4.17. The first-order valence-corrected chi connectivity index (χ1v) is 11.5. The average Bonchev–Trinajstić information content (AvgIpc) is 3.11. The Morgan fingerprint density at radius 2 is 1.87 bits per heavy atom. The molecule has 0 N–H and O–H groups in total. The highest BCUT2D eigenvalue weighted by Crippen LogP contribution is 2.70. The van der Waals surface area contributed by atoms with Gasteiger partial charge in [0, 0.05) is 18.3 Å². The quantitative estimate of drug-likeness (QED) is 0.601. The van der Waals surface area contributed by atoms with Crippen LogP contribution in [0.25, 0.3) is 0 Å². The Morgan fingerprint density at radius 1 is 1.10 bits per heavy atom. The van der Waals surface area contributed by atoms with Crippen LogP contribution in [0.3, 0.4) is 0 Å². The van der Waals surface area contributed by atoms with E-state index in [1.165, 1.54) is 5.57 Å². The molecule has 5 aliphatic carbocycles. The third kappa shape index (κ3) is 2.37. The minimum atomic E-state index is -0.426. The van der Waals surface area contributed by atoms with Gasteiger partial charge in [-0.05, 0) is 75.0 Å².